The van der Waals surface area contributed by atoms with Crippen LogP contribution in [0.5, 0.6) is 0 Å². The fraction of sp³-hybridized carbons (Fsp3) is 0.167. The Bertz CT molecular complexity index is 807. The zero-order valence-corrected chi connectivity index (χ0v) is 15.1. The van der Waals surface area contributed by atoms with Crippen LogP contribution in [0.3, 0.4) is 0 Å². The lowest BCUT2D eigenvalue weighted by Crippen LogP contribution is -2.45. The first-order chi connectivity index (χ1) is 11.9. The zero-order chi connectivity index (χ0) is 18.4. The van der Waals surface area contributed by atoms with Gasteiger partial charge < -0.3 is 15.8 Å². The van der Waals surface area contributed by atoms with Crippen molar-refractivity contribution >= 4 is 33.7 Å². The Kier molecular flexibility index (Phi) is 6.30. The highest BCUT2D eigenvalue weighted by Crippen LogP contribution is 2.17. The van der Waals surface area contributed by atoms with E-state index >= 15 is 0 Å². The molecule has 0 saturated carbocycles. The zero-order valence-electron chi connectivity index (χ0n) is 13.5. The van der Waals surface area contributed by atoms with Gasteiger partial charge in [-0.15, -0.1) is 0 Å². The number of esters is 1. The topological polar surface area (TPSA) is 98.5 Å². The van der Waals surface area contributed by atoms with Crippen LogP contribution in [0.4, 0.5) is 0 Å². The molecule has 6 nitrogen and oxygen atoms in total. The molecule has 0 aliphatic rings. The quantitative estimate of drug-likeness (QED) is 0.719. The summed E-state index contributed by atoms with van der Waals surface area (Å²) in [4.78, 5) is 35.7. The summed E-state index contributed by atoms with van der Waals surface area (Å²) in [6.45, 7) is 0. The van der Waals surface area contributed by atoms with E-state index < -0.39 is 23.8 Å². The van der Waals surface area contributed by atoms with Gasteiger partial charge in [0.25, 0.3) is 5.91 Å². The van der Waals surface area contributed by atoms with Crippen LogP contribution in [0.15, 0.2) is 53.0 Å². The van der Waals surface area contributed by atoms with Crippen molar-refractivity contribution in [2.24, 2.45) is 5.73 Å². The average Bonchev–Trinajstić information content (AvgIpc) is 2.62. The highest BCUT2D eigenvalue weighted by Gasteiger charge is 2.21. The number of carbonyl (C=O) groups is 3. The highest BCUT2D eigenvalue weighted by molar-refractivity contribution is 9.10. The average molecular weight is 405 g/mol. The van der Waals surface area contributed by atoms with E-state index in [0.29, 0.717) is 0 Å². The third-order valence-corrected chi connectivity index (χ3v) is 4.35. The van der Waals surface area contributed by atoms with E-state index in [9.17, 15) is 14.4 Å². The lowest BCUT2D eigenvalue weighted by Gasteiger charge is -2.16. The van der Waals surface area contributed by atoms with Crippen LogP contribution in [0, 0.1) is 0 Å². The minimum Gasteiger partial charge on any atom is -0.465 e. The van der Waals surface area contributed by atoms with E-state index in [0.717, 1.165) is 10.0 Å². The van der Waals surface area contributed by atoms with Crippen LogP contribution in [0.1, 0.15) is 26.3 Å². The fourth-order valence-electron chi connectivity index (χ4n) is 2.25. The second kappa shape index (κ2) is 8.43. The van der Waals surface area contributed by atoms with Gasteiger partial charge in [0.2, 0.25) is 5.91 Å². The first kappa shape index (κ1) is 18.7. The molecule has 0 saturated heterocycles. The Labute approximate surface area is 153 Å². The van der Waals surface area contributed by atoms with Crippen molar-refractivity contribution in [3.8, 4) is 0 Å². The van der Waals surface area contributed by atoms with Crippen LogP contribution in [-0.4, -0.2) is 30.9 Å². The Morgan fingerprint density at radius 2 is 1.80 bits per heavy atom. The first-order valence-electron chi connectivity index (χ1n) is 7.44. The summed E-state index contributed by atoms with van der Waals surface area (Å²) in [5.41, 5.74) is 6.74. The molecule has 0 fully saturated rings. The smallest absolute Gasteiger partial charge is 0.337 e. The largest absolute Gasteiger partial charge is 0.465 e. The molecular formula is C18H17BrN2O4. The normalized spacial score (nSPS) is 11.4. The van der Waals surface area contributed by atoms with Gasteiger partial charge in [-0.1, -0.05) is 40.2 Å². The molecule has 0 unspecified atom stereocenters. The summed E-state index contributed by atoms with van der Waals surface area (Å²) >= 11 is 3.40. The molecule has 3 N–H and O–H groups in total. The predicted molar refractivity (Wildman–Crippen MR) is 96.1 cm³/mol. The first-order valence-corrected chi connectivity index (χ1v) is 8.23. The minimum absolute atomic E-state index is 0.237. The van der Waals surface area contributed by atoms with E-state index in [4.69, 9.17) is 5.73 Å². The van der Waals surface area contributed by atoms with Crippen LogP contribution in [-0.2, 0) is 16.0 Å². The van der Waals surface area contributed by atoms with Gasteiger partial charge in [0.1, 0.15) is 6.04 Å². The number of ether oxygens (including phenoxy) is 1. The Hall–Kier alpha value is -2.67. The molecule has 0 aromatic heterocycles. The van der Waals surface area contributed by atoms with Gasteiger partial charge in [0.15, 0.2) is 0 Å². The summed E-state index contributed by atoms with van der Waals surface area (Å²) in [6, 6.07) is 12.5. The molecule has 0 aliphatic heterocycles. The standard InChI is InChI=1S/C18H17BrN2O4/c1-25-18(24)13-7-4-6-12(9-13)17(23)21-15(16(20)22)10-11-5-2-3-8-14(11)19/h2-9,15H,10H2,1H3,(H2,20,22)(H,21,23)/t15-/m0/s1. The Balaban J connectivity index is 2.17. The number of hydrogen-bond acceptors (Lipinski definition) is 4. The molecule has 0 heterocycles. The van der Waals surface area contributed by atoms with Crippen molar-refractivity contribution < 1.29 is 19.1 Å². The van der Waals surface area contributed by atoms with Crippen molar-refractivity contribution in [1.29, 1.82) is 0 Å². The van der Waals surface area contributed by atoms with Gasteiger partial charge >= 0.3 is 5.97 Å². The number of hydrogen-bond donors (Lipinski definition) is 2. The lowest BCUT2D eigenvalue weighted by molar-refractivity contribution is -0.119. The van der Waals surface area contributed by atoms with Crippen LogP contribution in [0.2, 0.25) is 0 Å². The molecule has 2 aromatic carbocycles. The van der Waals surface area contributed by atoms with Crippen LogP contribution in [0.25, 0.3) is 0 Å². The van der Waals surface area contributed by atoms with Gasteiger partial charge in [-0.05, 0) is 29.8 Å². The van der Waals surface area contributed by atoms with E-state index in [1.54, 1.807) is 6.07 Å². The van der Waals surface area contributed by atoms with Gasteiger partial charge in [0, 0.05) is 16.5 Å². The number of nitrogens with one attached hydrogen (secondary N) is 1. The van der Waals surface area contributed by atoms with E-state index in [-0.39, 0.29) is 17.5 Å². The van der Waals surface area contributed by atoms with Crippen molar-refractivity contribution in [1.82, 2.24) is 5.32 Å². The molecule has 7 heteroatoms. The summed E-state index contributed by atoms with van der Waals surface area (Å²) in [7, 11) is 1.26. The minimum atomic E-state index is -0.881. The predicted octanol–water partition coefficient (Wildman–Crippen LogP) is 2.06. The van der Waals surface area contributed by atoms with Crippen molar-refractivity contribution in [2.75, 3.05) is 7.11 Å². The van der Waals surface area contributed by atoms with E-state index in [1.807, 2.05) is 24.3 Å². The van der Waals surface area contributed by atoms with Gasteiger partial charge in [0.05, 0.1) is 12.7 Å². The maximum Gasteiger partial charge on any atom is 0.337 e. The number of nitrogens with two attached hydrogens (primary N) is 1. The SMILES string of the molecule is COC(=O)c1cccc(C(=O)N[C@@H](Cc2ccccc2Br)C(N)=O)c1. The molecule has 25 heavy (non-hydrogen) atoms. The van der Waals surface area contributed by atoms with Gasteiger partial charge in [-0.3, -0.25) is 9.59 Å². The third kappa shape index (κ3) is 4.90. The number of amides is 2. The van der Waals surface area contributed by atoms with Crippen LogP contribution < -0.4 is 11.1 Å². The molecule has 1 atom stereocenters. The number of benzene rings is 2. The molecule has 0 bridgehead atoms. The summed E-state index contributed by atoms with van der Waals surface area (Å²) in [5.74, 6) is -1.69. The summed E-state index contributed by atoms with van der Waals surface area (Å²) in [6.07, 6.45) is 0.249. The molecule has 0 aliphatic carbocycles. The monoisotopic (exact) mass is 404 g/mol. The third-order valence-electron chi connectivity index (χ3n) is 3.58. The Morgan fingerprint density at radius 3 is 2.44 bits per heavy atom. The van der Waals surface area contributed by atoms with E-state index in [2.05, 4.69) is 26.0 Å². The molecule has 2 amide bonds. The van der Waals surface area contributed by atoms with Gasteiger partial charge in [-0.2, -0.15) is 0 Å². The maximum absolute atomic E-state index is 12.4. The number of carbonyl (C=O) groups excluding carboxylic acids is 3. The van der Waals surface area contributed by atoms with E-state index in [1.165, 1.54) is 25.3 Å². The lowest BCUT2D eigenvalue weighted by atomic mass is 10.0. The van der Waals surface area contributed by atoms with Gasteiger partial charge in [-0.25, -0.2) is 4.79 Å². The van der Waals surface area contributed by atoms with Crippen molar-refractivity contribution in [2.45, 2.75) is 12.5 Å². The van der Waals surface area contributed by atoms with Crippen molar-refractivity contribution in [3.63, 3.8) is 0 Å². The highest BCUT2D eigenvalue weighted by atomic mass is 79.9. The Morgan fingerprint density at radius 1 is 1.12 bits per heavy atom. The van der Waals surface area contributed by atoms with Crippen LogP contribution >= 0.6 is 15.9 Å². The number of primary amides is 1. The number of halogens is 1. The molecule has 0 spiro atoms. The summed E-state index contributed by atoms with van der Waals surface area (Å²) in [5, 5.41) is 2.61. The fourth-order valence-corrected chi connectivity index (χ4v) is 2.70. The number of methoxy groups -OCH3 is 1. The molecule has 2 aromatic rings. The molecule has 0 radical (unpaired) electrons. The summed E-state index contributed by atoms with van der Waals surface area (Å²) < 4.78 is 5.45. The molecule has 2 rings (SSSR count). The maximum atomic E-state index is 12.4. The second-order valence-electron chi connectivity index (χ2n) is 5.30. The van der Waals surface area contributed by atoms with Crippen molar-refractivity contribution in [3.05, 3.63) is 69.7 Å². The molecular weight excluding hydrogens is 388 g/mol. The number of rotatable bonds is 6. The second-order valence-corrected chi connectivity index (χ2v) is 6.15. The molecule has 130 valence electrons.